The van der Waals surface area contributed by atoms with Gasteiger partial charge >= 0.3 is 6.36 Å². The van der Waals surface area contributed by atoms with Crippen molar-refractivity contribution in [1.29, 1.82) is 0 Å². The maximum Gasteiger partial charge on any atom is 0.573 e. The van der Waals surface area contributed by atoms with Crippen molar-refractivity contribution in [3.8, 4) is 22.7 Å². The average Bonchev–Trinajstić information content (AvgIpc) is 3.01. The second kappa shape index (κ2) is 6.27. The van der Waals surface area contributed by atoms with Crippen molar-refractivity contribution < 1.29 is 17.9 Å². The Morgan fingerprint density at radius 2 is 1.85 bits per heavy atom. The number of aromatic amines is 1. The predicted octanol–water partition coefficient (Wildman–Crippen LogP) is 3.67. The average molecular weight is 372 g/mol. The smallest absolute Gasteiger partial charge is 0.406 e. The Morgan fingerprint density at radius 1 is 1.07 bits per heavy atom. The van der Waals surface area contributed by atoms with Crippen LogP contribution in [0.3, 0.4) is 0 Å². The van der Waals surface area contributed by atoms with Crippen molar-refractivity contribution in [2.45, 2.75) is 6.36 Å². The molecule has 0 saturated carbocycles. The van der Waals surface area contributed by atoms with Gasteiger partial charge in [-0.1, -0.05) is 0 Å². The van der Waals surface area contributed by atoms with E-state index in [9.17, 15) is 18.0 Å². The monoisotopic (exact) mass is 372 g/mol. The highest BCUT2D eigenvalue weighted by atomic mass is 19.4. The van der Waals surface area contributed by atoms with E-state index in [1.54, 1.807) is 18.3 Å². The molecule has 0 aliphatic carbocycles. The molecule has 1 N–H and O–H groups in total. The van der Waals surface area contributed by atoms with Crippen LogP contribution in [0.4, 0.5) is 13.2 Å². The zero-order valence-electron chi connectivity index (χ0n) is 13.6. The van der Waals surface area contributed by atoms with E-state index >= 15 is 0 Å². The van der Waals surface area contributed by atoms with E-state index in [2.05, 4.69) is 19.8 Å². The predicted molar refractivity (Wildman–Crippen MR) is 91.6 cm³/mol. The molecule has 0 spiro atoms. The molecule has 4 rings (SSSR count). The number of ether oxygens (including phenoxy) is 1. The molecule has 1 aromatic carbocycles. The minimum absolute atomic E-state index is 0.271. The summed E-state index contributed by atoms with van der Waals surface area (Å²) in [5.41, 5.74) is 1.89. The minimum atomic E-state index is -4.75. The number of nitrogens with zero attached hydrogens (tertiary/aromatic N) is 3. The number of hydrogen-bond donors (Lipinski definition) is 1. The molecule has 0 amide bonds. The summed E-state index contributed by atoms with van der Waals surface area (Å²) in [4.78, 5) is 18.5. The summed E-state index contributed by atoms with van der Waals surface area (Å²) in [6.45, 7) is 0. The van der Waals surface area contributed by atoms with Crippen LogP contribution in [0.1, 0.15) is 0 Å². The fourth-order valence-electron chi connectivity index (χ4n) is 2.73. The van der Waals surface area contributed by atoms with Crippen LogP contribution < -0.4 is 10.3 Å². The van der Waals surface area contributed by atoms with Crippen molar-refractivity contribution >= 4 is 11.0 Å². The van der Waals surface area contributed by atoms with Crippen molar-refractivity contribution in [3.63, 3.8) is 0 Å². The fourth-order valence-corrected chi connectivity index (χ4v) is 2.73. The van der Waals surface area contributed by atoms with Crippen molar-refractivity contribution in [1.82, 2.24) is 19.7 Å². The Morgan fingerprint density at radius 3 is 2.56 bits per heavy atom. The summed E-state index contributed by atoms with van der Waals surface area (Å²) < 4.78 is 42.3. The Labute approximate surface area is 149 Å². The highest BCUT2D eigenvalue weighted by Crippen LogP contribution is 2.29. The lowest BCUT2D eigenvalue weighted by atomic mass is 10.1. The summed E-state index contributed by atoms with van der Waals surface area (Å²) >= 11 is 0. The number of benzene rings is 1. The fraction of sp³-hybridized carbons (Fsp3) is 0.0556. The first-order chi connectivity index (χ1) is 12.9. The lowest BCUT2D eigenvalue weighted by Crippen LogP contribution is -2.17. The molecule has 3 aromatic heterocycles. The highest BCUT2D eigenvalue weighted by molar-refractivity contribution is 5.91. The van der Waals surface area contributed by atoms with Crippen LogP contribution in [-0.4, -0.2) is 26.1 Å². The first-order valence-corrected chi connectivity index (χ1v) is 7.80. The van der Waals surface area contributed by atoms with Crippen LogP contribution in [-0.2, 0) is 0 Å². The number of pyridine rings is 2. The van der Waals surface area contributed by atoms with Gasteiger partial charge in [-0.05, 0) is 42.5 Å². The van der Waals surface area contributed by atoms with Gasteiger partial charge < -0.3 is 9.72 Å². The largest absolute Gasteiger partial charge is 0.573 e. The molecular formula is C18H11F3N4O2. The highest BCUT2D eigenvalue weighted by Gasteiger charge is 2.31. The van der Waals surface area contributed by atoms with Crippen molar-refractivity contribution in [2.24, 2.45) is 0 Å². The maximum absolute atomic E-state index is 12.3. The lowest BCUT2D eigenvalue weighted by molar-refractivity contribution is -0.274. The van der Waals surface area contributed by atoms with Gasteiger partial charge in [-0.25, -0.2) is 9.67 Å². The van der Waals surface area contributed by atoms with Gasteiger partial charge in [0.25, 0.3) is 0 Å². The molecule has 6 nitrogen and oxygen atoms in total. The molecule has 0 fully saturated rings. The van der Waals surface area contributed by atoms with Gasteiger partial charge in [0.2, 0.25) is 5.56 Å². The van der Waals surface area contributed by atoms with Gasteiger partial charge in [0, 0.05) is 29.4 Å². The van der Waals surface area contributed by atoms with Crippen LogP contribution in [0, 0.1) is 0 Å². The van der Waals surface area contributed by atoms with Gasteiger partial charge in [-0.3, -0.25) is 4.79 Å². The number of alkyl halides is 3. The quantitative estimate of drug-likeness (QED) is 0.596. The minimum Gasteiger partial charge on any atom is -0.406 e. The van der Waals surface area contributed by atoms with Crippen molar-refractivity contribution in [2.75, 3.05) is 0 Å². The Hall–Kier alpha value is -3.62. The third kappa shape index (κ3) is 3.39. The van der Waals surface area contributed by atoms with E-state index in [1.807, 2.05) is 6.07 Å². The third-order valence-corrected chi connectivity index (χ3v) is 3.81. The van der Waals surface area contributed by atoms with E-state index in [0.717, 1.165) is 0 Å². The molecule has 0 atom stereocenters. The molecule has 0 radical (unpaired) electrons. The van der Waals surface area contributed by atoms with Crippen LogP contribution in [0.25, 0.3) is 28.0 Å². The van der Waals surface area contributed by atoms with Crippen molar-refractivity contribution in [3.05, 3.63) is 71.3 Å². The molecule has 9 heteroatoms. The first kappa shape index (κ1) is 16.8. The molecule has 0 saturated heterocycles. The molecule has 4 aromatic rings. The van der Waals surface area contributed by atoms with Gasteiger partial charge in [-0.15, -0.1) is 13.2 Å². The van der Waals surface area contributed by atoms with Crippen LogP contribution in [0.2, 0.25) is 0 Å². The third-order valence-electron chi connectivity index (χ3n) is 3.81. The van der Waals surface area contributed by atoms with E-state index in [4.69, 9.17) is 0 Å². The van der Waals surface area contributed by atoms with E-state index in [1.165, 1.54) is 41.2 Å². The molecule has 27 heavy (non-hydrogen) atoms. The normalized spacial score (nSPS) is 11.7. The number of fused-ring (bicyclic) bond motifs is 1. The number of aromatic nitrogens is 4. The molecule has 136 valence electrons. The Kier molecular flexibility index (Phi) is 3.91. The molecule has 0 unspecified atom stereocenters. The topological polar surface area (TPSA) is 72.8 Å². The summed E-state index contributed by atoms with van der Waals surface area (Å²) in [6, 6.07) is 12.0. The number of rotatable bonds is 3. The van der Waals surface area contributed by atoms with E-state index < -0.39 is 6.36 Å². The van der Waals surface area contributed by atoms with E-state index in [-0.39, 0.29) is 11.3 Å². The number of halogens is 3. The molecule has 0 aliphatic heterocycles. The van der Waals surface area contributed by atoms with E-state index in [0.29, 0.717) is 28.0 Å². The Bertz CT molecular complexity index is 1160. The molecular weight excluding hydrogens is 361 g/mol. The molecule has 0 bridgehead atoms. The SMILES string of the molecule is O=c1cc(-c2nn(-c3ccc(OC(F)(F)F)cc3)c3ncccc23)cc[nH]1. The first-order valence-electron chi connectivity index (χ1n) is 7.80. The number of hydrogen-bond acceptors (Lipinski definition) is 4. The lowest BCUT2D eigenvalue weighted by Gasteiger charge is -2.09. The standard InChI is InChI=1S/C18H11F3N4O2/c19-18(20,21)27-13-5-3-12(4-6-13)25-17-14(2-1-8-23-17)16(24-25)11-7-9-22-15(26)10-11/h1-10H,(H,22,26). The zero-order chi connectivity index (χ0) is 19.0. The van der Waals surface area contributed by atoms with Gasteiger partial charge in [0.05, 0.1) is 5.69 Å². The van der Waals surface area contributed by atoms with Gasteiger partial charge in [0.1, 0.15) is 11.4 Å². The molecule has 3 heterocycles. The summed E-state index contributed by atoms with van der Waals surface area (Å²) in [7, 11) is 0. The van der Waals surface area contributed by atoms with Gasteiger partial charge in [0.15, 0.2) is 5.65 Å². The maximum atomic E-state index is 12.3. The van der Waals surface area contributed by atoms with Crippen LogP contribution >= 0.6 is 0 Å². The van der Waals surface area contributed by atoms with Crippen LogP contribution in [0.15, 0.2) is 65.7 Å². The second-order valence-electron chi connectivity index (χ2n) is 5.62. The number of H-pyrrole nitrogens is 1. The number of nitrogens with one attached hydrogen (secondary N) is 1. The van der Waals surface area contributed by atoms with Crippen LogP contribution in [0.5, 0.6) is 5.75 Å². The summed E-state index contributed by atoms with van der Waals surface area (Å²) in [5.74, 6) is -0.328. The van der Waals surface area contributed by atoms with Gasteiger partial charge in [-0.2, -0.15) is 5.10 Å². The summed E-state index contributed by atoms with van der Waals surface area (Å²) in [6.07, 6.45) is -1.65. The second-order valence-corrected chi connectivity index (χ2v) is 5.62. The Balaban J connectivity index is 1.82. The summed E-state index contributed by atoms with van der Waals surface area (Å²) in [5, 5.41) is 5.22. The molecule has 0 aliphatic rings. The zero-order valence-corrected chi connectivity index (χ0v) is 13.6.